The largest absolute Gasteiger partial charge is 0.497 e. The highest BCUT2D eigenvalue weighted by molar-refractivity contribution is 5.90. The number of carbonyl (C=O) groups excluding carboxylic acids is 3. The number of nitrogens with zero attached hydrogens (tertiary/aromatic N) is 4. The number of amides is 2. The molecule has 0 spiro atoms. The monoisotopic (exact) mass is 574 g/mol. The van der Waals surface area contributed by atoms with Crippen molar-refractivity contribution in [1.82, 2.24) is 14.9 Å². The normalized spacial score (nSPS) is 13.4. The predicted octanol–water partition coefficient (Wildman–Crippen LogP) is 3.60. The fraction of sp³-hybridized carbons (Fsp3) is 0.344. The van der Waals surface area contributed by atoms with Crippen molar-refractivity contribution in [3.8, 4) is 11.5 Å². The quantitative estimate of drug-likeness (QED) is 0.324. The zero-order valence-electron chi connectivity index (χ0n) is 24.6. The summed E-state index contributed by atoms with van der Waals surface area (Å²) in [4.78, 5) is 50.0. The Bertz CT molecular complexity index is 1360. The number of ether oxygens (including phenoxy) is 2. The van der Waals surface area contributed by atoms with Crippen LogP contribution in [0.5, 0.6) is 11.5 Å². The van der Waals surface area contributed by atoms with Crippen LogP contribution in [0.25, 0.3) is 0 Å². The first kappa shape index (κ1) is 30.4. The molecule has 4 rings (SSSR count). The Balaban J connectivity index is 1.39. The third kappa shape index (κ3) is 8.23. The maximum atomic E-state index is 13.6. The van der Waals surface area contributed by atoms with Gasteiger partial charge in [0.05, 0.1) is 32.4 Å². The van der Waals surface area contributed by atoms with Crippen LogP contribution in [0.3, 0.4) is 0 Å². The van der Waals surface area contributed by atoms with E-state index in [4.69, 9.17) is 14.3 Å². The molecule has 10 nitrogen and oxygen atoms in total. The second-order valence-electron chi connectivity index (χ2n) is 10.2. The maximum Gasteiger partial charge on any atom is 0.357 e. The smallest absolute Gasteiger partial charge is 0.357 e. The van der Waals surface area contributed by atoms with Gasteiger partial charge in [0.15, 0.2) is 0 Å². The van der Waals surface area contributed by atoms with Crippen LogP contribution in [-0.2, 0) is 27.5 Å². The topological polar surface area (TPSA) is 91.9 Å². The maximum absolute atomic E-state index is 13.6. The number of anilines is 1. The van der Waals surface area contributed by atoms with Gasteiger partial charge in [-0.25, -0.2) is 4.79 Å². The Kier molecular flexibility index (Phi) is 10.4. The summed E-state index contributed by atoms with van der Waals surface area (Å²) in [5.41, 5.74) is 3.33. The molecule has 1 heterocycles. The molecule has 3 aromatic carbocycles. The third-order valence-corrected chi connectivity index (χ3v) is 6.91. The Morgan fingerprint density at radius 3 is 2.14 bits per heavy atom. The van der Waals surface area contributed by atoms with Crippen molar-refractivity contribution < 1.29 is 28.7 Å². The highest BCUT2D eigenvalue weighted by atomic mass is 16.7. The highest BCUT2D eigenvalue weighted by Gasteiger charge is 2.29. The Morgan fingerprint density at radius 1 is 0.881 bits per heavy atom. The van der Waals surface area contributed by atoms with E-state index < -0.39 is 5.97 Å². The first-order valence-electron chi connectivity index (χ1n) is 13.9. The van der Waals surface area contributed by atoms with Gasteiger partial charge in [-0.3, -0.25) is 9.59 Å². The van der Waals surface area contributed by atoms with Crippen LogP contribution >= 0.6 is 0 Å². The molecule has 0 saturated carbocycles. The van der Waals surface area contributed by atoms with Crippen molar-refractivity contribution in [2.45, 2.75) is 20.0 Å². The Labute approximate surface area is 246 Å². The first-order valence-corrected chi connectivity index (χ1v) is 13.9. The molecule has 0 atom stereocenters. The van der Waals surface area contributed by atoms with Crippen LogP contribution in [0.1, 0.15) is 28.4 Å². The van der Waals surface area contributed by atoms with E-state index in [0.717, 1.165) is 22.6 Å². The van der Waals surface area contributed by atoms with E-state index in [1.807, 2.05) is 74.4 Å². The molecule has 2 amide bonds. The molecule has 222 valence electrons. The van der Waals surface area contributed by atoms with Crippen molar-refractivity contribution in [2.24, 2.45) is 0 Å². The molecular weight excluding hydrogens is 536 g/mol. The Hall–Kier alpha value is -4.57. The summed E-state index contributed by atoms with van der Waals surface area (Å²) in [7, 11) is 5.57. The summed E-state index contributed by atoms with van der Waals surface area (Å²) < 4.78 is 10.7. The summed E-state index contributed by atoms with van der Waals surface area (Å²) in [6.07, 6.45) is 0. The number of carbonyl (C=O) groups is 3. The van der Waals surface area contributed by atoms with E-state index in [1.54, 1.807) is 36.3 Å². The van der Waals surface area contributed by atoms with Gasteiger partial charge in [0.2, 0.25) is 11.8 Å². The van der Waals surface area contributed by atoms with Gasteiger partial charge in [-0.2, -0.15) is 0 Å². The van der Waals surface area contributed by atoms with Crippen LogP contribution in [0.15, 0.2) is 72.8 Å². The van der Waals surface area contributed by atoms with Crippen LogP contribution in [0, 0.1) is 0 Å². The SMILES string of the molecule is CCOc1cccc(C(=O)ON2CCN(CC(=O)N(Cc3ccc(OC)cc3)Cc3ccc(N(C)C)cc3)C(=O)C2)c1. The number of rotatable bonds is 12. The highest BCUT2D eigenvalue weighted by Crippen LogP contribution is 2.19. The lowest BCUT2D eigenvalue weighted by Crippen LogP contribution is -2.53. The summed E-state index contributed by atoms with van der Waals surface area (Å²) in [6, 6.07) is 22.3. The molecule has 0 N–H and O–H groups in total. The van der Waals surface area contributed by atoms with Crippen molar-refractivity contribution in [3.63, 3.8) is 0 Å². The minimum absolute atomic E-state index is 0.0665. The van der Waals surface area contributed by atoms with Gasteiger partial charge in [-0.05, 0) is 60.5 Å². The number of hydrogen-bond donors (Lipinski definition) is 0. The lowest BCUT2D eigenvalue weighted by molar-refractivity contribution is -0.164. The van der Waals surface area contributed by atoms with Crippen molar-refractivity contribution >= 4 is 23.5 Å². The van der Waals surface area contributed by atoms with E-state index in [-0.39, 0.29) is 31.4 Å². The summed E-state index contributed by atoms with van der Waals surface area (Å²) in [5, 5.41) is 1.33. The minimum Gasteiger partial charge on any atom is -0.497 e. The number of piperazine rings is 1. The van der Waals surface area contributed by atoms with Gasteiger partial charge in [0.1, 0.15) is 18.0 Å². The van der Waals surface area contributed by atoms with Crippen LogP contribution in [-0.4, -0.2) is 86.6 Å². The predicted molar refractivity (Wildman–Crippen MR) is 159 cm³/mol. The molecule has 1 aliphatic heterocycles. The molecule has 3 aromatic rings. The Morgan fingerprint density at radius 2 is 1.55 bits per heavy atom. The lowest BCUT2D eigenvalue weighted by Gasteiger charge is -2.34. The van der Waals surface area contributed by atoms with E-state index in [1.165, 1.54) is 9.96 Å². The molecule has 42 heavy (non-hydrogen) atoms. The molecule has 0 aromatic heterocycles. The fourth-order valence-corrected chi connectivity index (χ4v) is 4.55. The van der Waals surface area contributed by atoms with Gasteiger partial charge in [-0.15, -0.1) is 5.06 Å². The summed E-state index contributed by atoms with van der Waals surface area (Å²) >= 11 is 0. The standard InChI is InChI=1S/C32H38N4O6/c1-5-41-29-8-6-7-26(19-29)32(39)42-36-18-17-34(31(38)23-36)22-30(37)35(21-25-11-15-28(40-4)16-12-25)20-24-9-13-27(14-10-24)33(2)3/h6-16,19H,5,17-18,20-23H2,1-4H3. The van der Waals surface area contributed by atoms with Crippen molar-refractivity contribution in [2.75, 3.05) is 58.9 Å². The number of hydroxylamine groups is 2. The van der Waals surface area contributed by atoms with Gasteiger partial charge >= 0.3 is 5.97 Å². The zero-order chi connectivity index (χ0) is 30.1. The van der Waals surface area contributed by atoms with Gasteiger partial charge in [-0.1, -0.05) is 30.3 Å². The average Bonchev–Trinajstić information content (AvgIpc) is 2.99. The van der Waals surface area contributed by atoms with Crippen molar-refractivity contribution in [1.29, 1.82) is 0 Å². The number of methoxy groups -OCH3 is 1. The van der Waals surface area contributed by atoms with Gasteiger partial charge in [0, 0.05) is 39.4 Å². The molecule has 1 fully saturated rings. The summed E-state index contributed by atoms with van der Waals surface area (Å²) in [5.74, 6) is 0.278. The van der Waals surface area contributed by atoms with Crippen LogP contribution in [0.2, 0.25) is 0 Å². The number of hydrogen-bond acceptors (Lipinski definition) is 8. The van der Waals surface area contributed by atoms with E-state index in [2.05, 4.69) is 0 Å². The van der Waals surface area contributed by atoms with E-state index in [9.17, 15) is 14.4 Å². The number of benzene rings is 3. The zero-order valence-corrected chi connectivity index (χ0v) is 24.6. The molecule has 0 bridgehead atoms. The average molecular weight is 575 g/mol. The van der Waals surface area contributed by atoms with Crippen LogP contribution < -0.4 is 14.4 Å². The van der Waals surface area contributed by atoms with E-state index >= 15 is 0 Å². The lowest BCUT2D eigenvalue weighted by atomic mass is 10.1. The molecule has 0 radical (unpaired) electrons. The van der Waals surface area contributed by atoms with Gasteiger partial charge in [0.25, 0.3) is 0 Å². The van der Waals surface area contributed by atoms with Crippen molar-refractivity contribution in [3.05, 3.63) is 89.5 Å². The molecule has 1 saturated heterocycles. The second-order valence-corrected chi connectivity index (χ2v) is 10.2. The summed E-state index contributed by atoms with van der Waals surface area (Å²) in [6.45, 7) is 3.47. The first-order chi connectivity index (χ1) is 20.2. The molecule has 1 aliphatic rings. The molecule has 0 unspecified atom stereocenters. The van der Waals surface area contributed by atoms with Gasteiger partial charge < -0.3 is 29.0 Å². The minimum atomic E-state index is -0.570. The molecular formula is C32H38N4O6. The van der Waals surface area contributed by atoms with E-state index in [0.29, 0.717) is 37.6 Å². The molecule has 0 aliphatic carbocycles. The third-order valence-electron chi connectivity index (χ3n) is 6.91. The fourth-order valence-electron chi connectivity index (χ4n) is 4.55. The molecule has 10 heteroatoms. The van der Waals surface area contributed by atoms with Crippen LogP contribution in [0.4, 0.5) is 5.69 Å². The second kappa shape index (κ2) is 14.4.